The van der Waals surface area contributed by atoms with Gasteiger partial charge in [0.05, 0.1) is 16.4 Å². The highest BCUT2D eigenvalue weighted by molar-refractivity contribution is 6.33. The number of rotatable bonds is 1. The lowest BCUT2D eigenvalue weighted by molar-refractivity contribution is 0.203. The third-order valence-corrected chi connectivity index (χ3v) is 3.56. The molecule has 5 nitrogen and oxygen atoms in total. The van der Waals surface area contributed by atoms with Gasteiger partial charge in [0, 0.05) is 25.4 Å². The molecule has 1 aliphatic rings. The molecule has 19 heavy (non-hydrogen) atoms. The molecule has 1 heterocycles. The van der Waals surface area contributed by atoms with Crippen molar-refractivity contribution in [3.63, 3.8) is 0 Å². The molecule has 2 rings (SSSR count). The molecule has 1 saturated heterocycles. The fourth-order valence-corrected chi connectivity index (χ4v) is 2.30. The molecule has 1 aliphatic heterocycles. The van der Waals surface area contributed by atoms with Crippen LogP contribution in [0, 0.1) is 5.92 Å². The minimum Gasteiger partial charge on any atom is -0.411 e. The summed E-state index contributed by atoms with van der Waals surface area (Å²) in [4.78, 5) is 13.8. The van der Waals surface area contributed by atoms with Gasteiger partial charge in [-0.15, -0.1) is 0 Å². The second-order valence-corrected chi connectivity index (χ2v) is 5.01. The van der Waals surface area contributed by atoms with Crippen LogP contribution in [0.15, 0.2) is 29.4 Å². The Labute approximate surface area is 116 Å². The molecule has 1 aromatic carbocycles. The Morgan fingerprint density at radius 3 is 2.89 bits per heavy atom. The molecule has 0 spiro atoms. The van der Waals surface area contributed by atoms with Crippen LogP contribution >= 0.6 is 11.6 Å². The van der Waals surface area contributed by atoms with Crippen molar-refractivity contribution in [2.75, 3.05) is 18.4 Å². The molecule has 1 fully saturated rings. The highest BCUT2D eigenvalue weighted by Gasteiger charge is 2.26. The molecular formula is C13H16ClN3O2. The molecule has 0 aliphatic carbocycles. The number of amides is 2. The van der Waals surface area contributed by atoms with Gasteiger partial charge in [0.1, 0.15) is 0 Å². The average molecular weight is 282 g/mol. The Hall–Kier alpha value is -1.75. The van der Waals surface area contributed by atoms with E-state index in [2.05, 4.69) is 10.5 Å². The number of carbonyl (C=O) groups excluding carboxylic acids is 1. The third-order valence-electron chi connectivity index (χ3n) is 3.23. The lowest BCUT2D eigenvalue weighted by Gasteiger charge is -2.31. The molecule has 2 amide bonds. The summed E-state index contributed by atoms with van der Waals surface area (Å²) >= 11 is 6.00. The number of para-hydroxylation sites is 1. The largest absolute Gasteiger partial charge is 0.411 e. The molecule has 0 aromatic heterocycles. The average Bonchev–Trinajstić information content (AvgIpc) is 2.41. The van der Waals surface area contributed by atoms with E-state index < -0.39 is 0 Å². The minimum absolute atomic E-state index is 0.0655. The van der Waals surface area contributed by atoms with Gasteiger partial charge in [0.25, 0.3) is 0 Å². The van der Waals surface area contributed by atoms with Gasteiger partial charge in [-0.3, -0.25) is 0 Å². The van der Waals surface area contributed by atoms with Crippen molar-refractivity contribution in [1.29, 1.82) is 0 Å². The van der Waals surface area contributed by atoms with E-state index in [4.69, 9.17) is 16.8 Å². The molecule has 1 aromatic rings. The number of likely N-dealkylation sites (tertiary alicyclic amines) is 1. The first-order chi connectivity index (χ1) is 9.11. The van der Waals surface area contributed by atoms with Crippen LogP contribution in [0.1, 0.15) is 13.3 Å². The van der Waals surface area contributed by atoms with E-state index in [1.165, 1.54) is 0 Å². The quantitative estimate of drug-likeness (QED) is 0.614. The van der Waals surface area contributed by atoms with Crippen LogP contribution in [0.4, 0.5) is 10.5 Å². The maximum absolute atomic E-state index is 12.1. The highest BCUT2D eigenvalue weighted by atomic mass is 35.5. The second-order valence-electron chi connectivity index (χ2n) is 4.60. The van der Waals surface area contributed by atoms with Crippen LogP contribution in [0.25, 0.3) is 0 Å². The normalized spacial score (nSPS) is 21.5. The summed E-state index contributed by atoms with van der Waals surface area (Å²) in [7, 11) is 0. The van der Waals surface area contributed by atoms with Gasteiger partial charge in [-0.2, -0.15) is 0 Å². The number of nitrogens with one attached hydrogen (secondary N) is 1. The molecule has 102 valence electrons. The monoisotopic (exact) mass is 281 g/mol. The standard InChI is InChI=1S/C13H16ClN3O2/c1-9-8-17(7-6-11(9)16-19)13(18)15-12-5-3-2-4-10(12)14/h2-5,9,19H,6-8H2,1H3,(H,15,18)/b16-11+. The molecule has 0 bridgehead atoms. The first-order valence-electron chi connectivity index (χ1n) is 6.13. The maximum atomic E-state index is 12.1. The first kappa shape index (κ1) is 13.7. The van der Waals surface area contributed by atoms with Crippen LogP contribution in [0.3, 0.4) is 0 Å². The maximum Gasteiger partial charge on any atom is 0.321 e. The minimum atomic E-state index is -0.183. The van der Waals surface area contributed by atoms with Crippen molar-refractivity contribution < 1.29 is 10.0 Å². The number of urea groups is 1. The van der Waals surface area contributed by atoms with Gasteiger partial charge < -0.3 is 15.4 Å². The van der Waals surface area contributed by atoms with Gasteiger partial charge in [0.2, 0.25) is 0 Å². The summed E-state index contributed by atoms with van der Waals surface area (Å²) in [6.07, 6.45) is 0.591. The lowest BCUT2D eigenvalue weighted by Crippen LogP contribution is -2.45. The van der Waals surface area contributed by atoms with Crippen molar-refractivity contribution in [2.45, 2.75) is 13.3 Å². The van der Waals surface area contributed by atoms with E-state index in [0.29, 0.717) is 30.2 Å². The Morgan fingerprint density at radius 2 is 2.26 bits per heavy atom. The summed E-state index contributed by atoms with van der Waals surface area (Å²) < 4.78 is 0. The van der Waals surface area contributed by atoms with Gasteiger partial charge in [-0.25, -0.2) is 4.79 Å². The van der Waals surface area contributed by atoms with Crippen molar-refractivity contribution in [2.24, 2.45) is 11.1 Å². The third kappa shape index (κ3) is 3.17. The molecule has 1 unspecified atom stereocenters. The first-order valence-corrected chi connectivity index (χ1v) is 6.51. The van der Waals surface area contributed by atoms with Gasteiger partial charge >= 0.3 is 6.03 Å². The molecular weight excluding hydrogens is 266 g/mol. The number of anilines is 1. The number of carbonyl (C=O) groups is 1. The summed E-state index contributed by atoms with van der Waals surface area (Å²) in [6, 6.07) is 6.93. The Bertz CT molecular complexity index is 504. The van der Waals surface area contributed by atoms with E-state index in [1.807, 2.05) is 19.1 Å². The van der Waals surface area contributed by atoms with Crippen LogP contribution in [-0.4, -0.2) is 34.9 Å². The zero-order valence-electron chi connectivity index (χ0n) is 10.6. The summed E-state index contributed by atoms with van der Waals surface area (Å²) in [6.45, 7) is 3.01. The van der Waals surface area contributed by atoms with Crippen molar-refractivity contribution in [3.8, 4) is 0 Å². The van der Waals surface area contributed by atoms with E-state index in [0.717, 1.165) is 5.71 Å². The highest BCUT2D eigenvalue weighted by Crippen LogP contribution is 2.22. The number of benzene rings is 1. The zero-order chi connectivity index (χ0) is 13.8. The van der Waals surface area contributed by atoms with Crippen LogP contribution in [-0.2, 0) is 0 Å². The number of nitrogens with zero attached hydrogens (tertiary/aromatic N) is 2. The Kier molecular flexibility index (Phi) is 4.27. The SMILES string of the molecule is CC1CN(C(=O)Nc2ccccc2Cl)CC/C1=N\O. The van der Waals surface area contributed by atoms with Crippen molar-refractivity contribution in [1.82, 2.24) is 4.90 Å². The zero-order valence-corrected chi connectivity index (χ0v) is 11.4. The smallest absolute Gasteiger partial charge is 0.321 e. The predicted octanol–water partition coefficient (Wildman–Crippen LogP) is 3.04. The number of hydrogen-bond acceptors (Lipinski definition) is 3. The second kappa shape index (κ2) is 5.93. The van der Waals surface area contributed by atoms with E-state index in [-0.39, 0.29) is 11.9 Å². The van der Waals surface area contributed by atoms with Gasteiger partial charge in [-0.05, 0) is 12.1 Å². The summed E-state index contributed by atoms with van der Waals surface area (Å²) in [5, 5.41) is 15.4. The number of oxime groups is 1. The Balaban J connectivity index is 2.00. The fourth-order valence-electron chi connectivity index (χ4n) is 2.11. The molecule has 2 N–H and O–H groups in total. The topological polar surface area (TPSA) is 64.9 Å². The van der Waals surface area contributed by atoms with Crippen molar-refractivity contribution >= 4 is 29.0 Å². The summed E-state index contributed by atoms with van der Waals surface area (Å²) in [5.74, 6) is 0.0655. The van der Waals surface area contributed by atoms with Crippen LogP contribution < -0.4 is 5.32 Å². The fraction of sp³-hybridized carbons (Fsp3) is 0.385. The molecule has 0 saturated carbocycles. The predicted molar refractivity (Wildman–Crippen MR) is 75.0 cm³/mol. The number of piperidine rings is 1. The van der Waals surface area contributed by atoms with E-state index in [1.54, 1.807) is 17.0 Å². The van der Waals surface area contributed by atoms with E-state index >= 15 is 0 Å². The lowest BCUT2D eigenvalue weighted by atomic mass is 9.98. The van der Waals surface area contributed by atoms with Crippen LogP contribution in [0.2, 0.25) is 5.02 Å². The van der Waals surface area contributed by atoms with Gasteiger partial charge in [0.15, 0.2) is 0 Å². The van der Waals surface area contributed by atoms with E-state index in [9.17, 15) is 4.79 Å². The molecule has 6 heteroatoms. The molecule has 0 radical (unpaired) electrons. The summed E-state index contributed by atoms with van der Waals surface area (Å²) in [5.41, 5.74) is 1.34. The number of hydrogen-bond donors (Lipinski definition) is 2. The number of halogens is 1. The molecule has 1 atom stereocenters. The van der Waals surface area contributed by atoms with Crippen LogP contribution in [0.5, 0.6) is 0 Å². The van der Waals surface area contributed by atoms with Gasteiger partial charge in [-0.1, -0.05) is 35.8 Å². The van der Waals surface area contributed by atoms with Crippen molar-refractivity contribution in [3.05, 3.63) is 29.3 Å². The Morgan fingerprint density at radius 1 is 1.53 bits per heavy atom.